The third-order valence-electron chi connectivity index (χ3n) is 21.6. The first-order chi connectivity index (χ1) is 60.5. The van der Waals surface area contributed by atoms with Gasteiger partial charge in [0.25, 0.3) is 17.3 Å². The minimum atomic E-state index is -0.526. The molecule has 20 aromatic rings. The fraction of sp³-hybridized carbons (Fsp3) is 0.0566. The second-order valence-electron chi connectivity index (χ2n) is 28.8. The number of aryl methyl sites for hydroxylation is 3. The standard InChI is InChI=1S/C25H21N2.C24H17N2.C20H15N2.C15H10NO.2C11H8N.2Ir/c1-15-10-11-21-20(12-15)19-9-5-8-18-13-26-14-22(27(21)25(26)24(18)19)23-16(2)6-4-7-17(23)3;1-3-11-19-17(8-1)10-7-15-21(19)26-23-14-6-5-13-22(23)25-16-18-9-2-4-12-20(18)24(25)26;1-3-9-17-15(6-1)8-5-11-19(17)22-13-12-21-14-16-7-2-4-10-18(16)20(21)22;1-11-13(14-7-4-5-9-16-14)10-12-6-2-3-8-15(12)17-11;2*1-2-6-10(7-3-1)11-8-4-5-9-12-11;;/h4-12,14H,13H2,1-3H3;1-15H,16H2;1-13H,14H2;2-9H,1H2;2*1-6,8-9H;;/q3*+1;3*-1;;/i;;;;1D,2D,3D,4D,5D,6D,8D,9D;;;. The number of hydrogen-bond acceptors (Lipinski definition) is 4. The summed E-state index contributed by atoms with van der Waals surface area (Å²) in [6, 6.07) is 106. The van der Waals surface area contributed by atoms with Crippen LogP contribution in [-0.4, -0.2) is 28.5 Å². The molecule has 0 amide bonds. The van der Waals surface area contributed by atoms with Gasteiger partial charge in [0.1, 0.15) is 55.1 Å². The van der Waals surface area contributed by atoms with Crippen molar-refractivity contribution < 1.29 is 69.6 Å². The molecular weight excluding hydrogens is 1800 g/mol. The van der Waals surface area contributed by atoms with Gasteiger partial charge < -0.3 is 14.7 Å². The summed E-state index contributed by atoms with van der Waals surface area (Å²) < 4.78 is 80.5. The fourth-order valence-electron chi connectivity index (χ4n) is 16.4. The minimum Gasteiger partial charge on any atom is -0.527 e. The molecule has 4 aliphatic heterocycles. The van der Waals surface area contributed by atoms with Crippen molar-refractivity contribution in [2.75, 3.05) is 0 Å². The van der Waals surface area contributed by atoms with Crippen molar-refractivity contribution in [3.05, 3.63) is 452 Å². The Bertz CT molecular complexity index is 7560. The van der Waals surface area contributed by atoms with Crippen molar-refractivity contribution >= 4 is 65.5 Å². The zero-order chi connectivity index (χ0) is 85.0. The van der Waals surface area contributed by atoms with Gasteiger partial charge in [-0.3, -0.25) is 4.98 Å². The zero-order valence-corrected chi connectivity index (χ0v) is 69.4. The Morgan fingerprint density at radius 2 is 1.11 bits per heavy atom. The molecule has 118 heavy (non-hydrogen) atoms. The Hall–Kier alpha value is -13.7. The minimum absolute atomic E-state index is 0. The summed E-state index contributed by atoms with van der Waals surface area (Å²) in [5.41, 5.74) is 25.3. The monoisotopic (exact) mass is 1890 g/mol. The van der Waals surface area contributed by atoms with E-state index in [1.54, 1.807) is 12.4 Å². The molecule has 572 valence electrons. The van der Waals surface area contributed by atoms with Crippen molar-refractivity contribution in [3.63, 3.8) is 0 Å². The first kappa shape index (κ1) is 67.6. The van der Waals surface area contributed by atoms with Crippen LogP contribution >= 0.6 is 0 Å². The molecule has 0 spiro atoms. The van der Waals surface area contributed by atoms with Crippen LogP contribution in [0.2, 0.25) is 0 Å². The normalized spacial score (nSPS) is 12.9. The Morgan fingerprint density at radius 3 is 1.88 bits per heavy atom. The van der Waals surface area contributed by atoms with Gasteiger partial charge in [0.15, 0.2) is 16.7 Å². The SMILES string of the molecule is C=C1Oc2ccccc2[C-]=C1c1ccccn1.Cc1ccc2c(c1)c1cccc3c1c1n2c(-c2c(C)cccc2C)c[n+]1C3.[2H]c1[c-]c(-c2nc([2H])c([2H])c([2H])c2[2H])c([2H])c([2H])c1[2H].[Ir].[Ir].[c-]1ccccc1-c1ccccn1.c1ccc2c(c1)C[n+]1c-2n(-c2cccc3ccccc23)c2ccccc21.c1ccc2c(c1)C[n+]1ccn(-c3cccc4ccccc34)c1-2. The van der Waals surface area contributed by atoms with E-state index in [-0.39, 0.29) is 51.5 Å². The first-order valence-electron chi connectivity index (χ1n) is 42.6. The molecule has 0 saturated carbocycles. The number of fused-ring (bicyclic) bond motifs is 14. The number of ether oxygens (including phenoxy) is 1. The van der Waals surface area contributed by atoms with Gasteiger partial charge in [0.05, 0.1) is 33.5 Å². The molecule has 24 rings (SSSR count). The van der Waals surface area contributed by atoms with E-state index in [0.29, 0.717) is 5.76 Å². The fourth-order valence-corrected chi connectivity index (χ4v) is 16.4. The Labute approximate surface area is 724 Å². The quantitative estimate of drug-likeness (QED) is 0.0945. The van der Waals surface area contributed by atoms with Gasteiger partial charge in [-0.05, 0) is 124 Å². The van der Waals surface area contributed by atoms with Crippen LogP contribution in [0, 0.1) is 39.0 Å². The molecule has 7 aromatic heterocycles. The third kappa shape index (κ3) is 14.8. The Morgan fingerprint density at radius 1 is 0.483 bits per heavy atom. The molecule has 4 aliphatic rings. The molecule has 0 unspecified atom stereocenters. The van der Waals surface area contributed by atoms with Crippen LogP contribution < -0.4 is 18.4 Å². The first-order valence-corrected chi connectivity index (χ1v) is 38.6. The van der Waals surface area contributed by atoms with Gasteiger partial charge in [0, 0.05) is 111 Å². The summed E-state index contributed by atoms with van der Waals surface area (Å²) in [7, 11) is 0. The average Bonchev–Trinajstić information content (AvgIpc) is 1.73. The Balaban J connectivity index is 0.000000108. The molecular formula is C106H79Ir2N9O. The maximum Gasteiger partial charge on any atom is 0.295 e. The molecule has 11 heterocycles. The van der Waals surface area contributed by atoms with Crippen LogP contribution in [0.5, 0.6) is 5.75 Å². The molecule has 0 fully saturated rings. The number of aromatic nitrogens is 9. The predicted molar refractivity (Wildman–Crippen MR) is 468 cm³/mol. The molecule has 0 N–H and O–H groups in total. The van der Waals surface area contributed by atoms with Crippen molar-refractivity contribution in [1.29, 1.82) is 0 Å². The number of rotatable bonds is 6. The molecule has 2 radical (unpaired) electrons. The van der Waals surface area contributed by atoms with Crippen LogP contribution in [0.1, 0.15) is 55.6 Å². The number of imidazole rings is 3. The molecule has 10 nitrogen and oxygen atoms in total. The number of pyridine rings is 4. The summed E-state index contributed by atoms with van der Waals surface area (Å²) >= 11 is 0. The number of benzene rings is 13. The van der Waals surface area contributed by atoms with E-state index in [4.69, 9.17) is 15.7 Å². The van der Waals surface area contributed by atoms with Gasteiger partial charge in [-0.1, -0.05) is 242 Å². The summed E-state index contributed by atoms with van der Waals surface area (Å²) in [6.07, 6.45) is 13.0. The topological polar surface area (TPSA) is 73.8 Å². The van der Waals surface area contributed by atoms with Gasteiger partial charge in [-0.25, -0.2) is 13.7 Å². The predicted octanol–water partition coefficient (Wildman–Crippen LogP) is 22.8. The van der Waals surface area contributed by atoms with E-state index in [1.165, 1.54) is 139 Å². The maximum atomic E-state index is 7.75. The second kappa shape index (κ2) is 34.0. The van der Waals surface area contributed by atoms with Crippen LogP contribution in [0.15, 0.2) is 389 Å². The van der Waals surface area contributed by atoms with Gasteiger partial charge in [0.2, 0.25) is 0 Å². The number of nitrogens with zero attached hydrogens (tertiary/aromatic N) is 9. The number of para-hydroxylation sites is 3. The van der Waals surface area contributed by atoms with E-state index in [2.05, 4.69) is 319 Å². The van der Waals surface area contributed by atoms with E-state index < -0.39 is 48.5 Å². The molecule has 12 heteroatoms. The molecule has 0 aliphatic carbocycles. The van der Waals surface area contributed by atoms with E-state index >= 15 is 0 Å². The van der Waals surface area contributed by atoms with Crippen LogP contribution in [0.25, 0.3) is 133 Å². The third-order valence-corrected chi connectivity index (χ3v) is 21.6. The maximum absolute atomic E-state index is 7.75. The van der Waals surface area contributed by atoms with E-state index in [0.717, 1.165) is 53.5 Å². The average molecular weight is 1890 g/mol. The molecule has 0 bridgehead atoms. The number of hydrogen-bond donors (Lipinski definition) is 0. The van der Waals surface area contributed by atoms with Gasteiger partial charge in [-0.2, -0.15) is 13.5 Å². The Kier molecular flexibility index (Phi) is 19.5. The van der Waals surface area contributed by atoms with Crippen molar-refractivity contribution in [2.45, 2.75) is 40.4 Å². The smallest absolute Gasteiger partial charge is 0.295 e. The number of allylic oxidation sites excluding steroid dienone is 1. The van der Waals surface area contributed by atoms with E-state index in [9.17, 15) is 0 Å². The zero-order valence-electron chi connectivity index (χ0n) is 72.6. The van der Waals surface area contributed by atoms with Gasteiger partial charge in [-0.15, -0.1) is 83.8 Å². The summed E-state index contributed by atoms with van der Waals surface area (Å²) in [6.45, 7) is 13.4. The summed E-state index contributed by atoms with van der Waals surface area (Å²) in [5, 5.41) is 9.24. The molecule has 0 saturated heterocycles. The summed E-state index contributed by atoms with van der Waals surface area (Å²) in [4.78, 5) is 12.2. The largest absolute Gasteiger partial charge is 0.527 e. The van der Waals surface area contributed by atoms with Crippen LogP contribution in [0.4, 0.5) is 0 Å². The van der Waals surface area contributed by atoms with Crippen molar-refractivity contribution in [3.8, 4) is 73.7 Å². The molecule has 0 atom stereocenters. The second-order valence-corrected chi connectivity index (χ2v) is 28.8. The van der Waals surface area contributed by atoms with Crippen LogP contribution in [0.3, 0.4) is 0 Å². The van der Waals surface area contributed by atoms with Crippen LogP contribution in [-0.2, 0) is 59.8 Å². The molecule has 13 aromatic carbocycles. The van der Waals surface area contributed by atoms with E-state index in [1.807, 2.05) is 84.9 Å². The van der Waals surface area contributed by atoms with Gasteiger partial charge >= 0.3 is 0 Å². The van der Waals surface area contributed by atoms with Crippen molar-refractivity contribution in [1.82, 2.24) is 28.5 Å². The summed E-state index contributed by atoms with van der Waals surface area (Å²) in [5.74, 6) is 3.92. The van der Waals surface area contributed by atoms with Crippen molar-refractivity contribution in [2.24, 2.45) is 0 Å².